The molecule has 5 heteroatoms. The number of ether oxygens (including phenoxy) is 2. The van der Waals surface area contributed by atoms with E-state index in [2.05, 4.69) is 37.1 Å². The van der Waals surface area contributed by atoms with Gasteiger partial charge in [-0.1, -0.05) is 27.2 Å². The van der Waals surface area contributed by atoms with Crippen molar-refractivity contribution in [3.63, 3.8) is 0 Å². The lowest BCUT2D eigenvalue weighted by Gasteiger charge is -2.22. The van der Waals surface area contributed by atoms with Crippen LogP contribution in [-0.2, 0) is 4.74 Å². The molecule has 5 nitrogen and oxygen atoms in total. The van der Waals surface area contributed by atoms with Gasteiger partial charge in [0.25, 0.3) is 0 Å². The fourth-order valence-corrected chi connectivity index (χ4v) is 2.02. The maximum absolute atomic E-state index is 8.78. The Kier molecular flexibility index (Phi) is 7.31. The maximum atomic E-state index is 8.78. The molecule has 26 heavy (non-hydrogen) atoms. The minimum atomic E-state index is 0.242. The molecule has 2 rings (SSSR count). The van der Waals surface area contributed by atoms with Crippen LogP contribution in [0.2, 0.25) is 0 Å². The van der Waals surface area contributed by atoms with Crippen LogP contribution in [0, 0.1) is 16.7 Å². The van der Waals surface area contributed by atoms with Crippen LogP contribution in [0.15, 0.2) is 58.8 Å². The smallest absolute Gasteiger partial charge is 0.189 e. The first-order chi connectivity index (χ1) is 12.5. The molecule has 2 aromatic carbocycles. The minimum Gasteiger partial charge on any atom is -0.468 e. The van der Waals surface area contributed by atoms with E-state index in [1.165, 1.54) is 0 Å². The summed E-state index contributed by atoms with van der Waals surface area (Å²) in [5.74, 6) is 0.733. The quantitative estimate of drug-likeness (QED) is 0.309. The normalized spacial score (nSPS) is 11.5. The second-order valence-corrected chi connectivity index (χ2v) is 6.79. The fourth-order valence-electron chi connectivity index (χ4n) is 2.02. The van der Waals surface area contributed by atoms with E-state index in [-0.39, 0.29) is 6.79 Å². The maximum Gasteiger partial charge on any atom is 0.189 e. The van der Waals surface area contributed by atoms with Gasteiger partial charge in [0.05, 0.1) is 29.6 Å². The van der Waals surface area contributed by atoms with Gasteiger partial charge >= 0.3 is 0 Å². The lowest BCUT2D eigenvalue weighted by Crippen LogP contribution is -2.14. The molecule has 0 aliphatic rings. The number of hydrogen-bond acceptors (Lipinski definition) is 5. The second kappa shape index (κ2) is 9.69. The van der Waals surface area contributed by atoms with Gasteiger partial charge in [-0.25, -0.2) is 0 Å². The standard InChI is InChI=1S/C21H25N3O2/c1-4-21(2,3)13-14-25-16-26-20-11-9-19(10-12-20)24-23-18-7-5-17(15-22)6-8-18/h5-12H,4,13-14,16H2,1-3H3. The van der Waals surface area contributed by atoms with Crippen molar-refractivity contribution in [3.05, 3.63) is 54.1 Å². The van der Waals surface area contributed by atoms with Crippen LogP contribution in [0.25, 0.3) is 0 Å². The lowest BCUT2D eigenvalue weighted by atomic mass is 9.87. The van der Waals surface area contributed by atoms with Crippen molar-refractivity contribution in [1.29, 1.82) is 5.26 Å². The Hall–Kier alpha value is -2.71. The summed E-state index contributed by atoms with van der Waals surface area (Å²) in [5.41, 5.74) is 2.34. The molecule has 0 fully saturated rings. The van der Waals surface area contributed by atoms with E-state index in [4.69, 9.17) is 14.7 Å². The van der Waals surface area contributed by atoms with Crippen LogP contribution >= 0.6 is 0 Å². The van der Waals surface area contributed by atoms with Crippen LogP contribution in [0.3, 0.4) is 0 Å². The molecule has 0 saturated heterocycles. The topological polar surface area (TPSA) is 67.0 Å². The SMILES string of the molecule is CCC(C)(C)CCOCOc1ccc(N=Nc2ccc(C#N)cc2)cc1. The van der Waals surface area contributed by atoms with Crippen molar-refractivity contribution in [2.75, 3.05) is 13.4 Å². The molecule has 136 valence electrons. The van der Waals surface area contributed by atoms with Crippen LogP contribution in [0.5, 0.6) is 5.75 Å². The predicted octanol–water partition coefficient (Wildman–Crippen LogP) is 6.15. The molecule has 0 N–H and O–H groups in total. The molecule has 0 saturated carbocycles. The zero-order valence-corrected chi connectivity index (χ0v) is 15.6. The zero-order valence-electron chi connectivity index (χ0n) is 15.6. The van der Waals surface area contributed by atoms with Gasteiger partial charge < -0.3 is 9.47 Å². The number of azo groups is 1. The molecular weight excluding hydrogens is 326 g/mol. The van der Waals surface area contributed by atoms with Crippen molar-refractivity contribution in [3.8, 4) is 11.8 Å². The first-order valence-electron chi connectivity index (χ1n) is 8.75. The summed E-state index contributed by atoms with van der Waals surface area (Å²) in [5, 5.41) is 17.1. The van der Waals surface area contributed by atoms with Gasteiger partial charge in [-0.2, -0.15) is 15.5 Å². The van der Waals surface area contributed by atoms with Crippen LogP contribution in [-0.4, -0.2) is 13.4 Å². The molecule has 0 bridgehead atoms. The van der Waals surface area contributed by atoms with Crippen molar-refractivity contribution < 1.29 is 9.47 Å². The molecule has 0 radical (unpaired) electrons. The molecule has 0 atom stereocenters. The first-order valence-corrected chi connectivity index (χ1v) is 8.75. The highest BCUT2D eigenvalue weighted by molar-refractivity contribution is 5.44. The van der Waals surface area contributed by atoms with Gasteiger partial charge in [-0.05, 0) is 60.4 Å². The summed E-state index contributed by atoms with van der Waals surface area (Å²) in [4.78, 5) is 0. The van der Waals surface area contributed by atoms with Gasteiger partial charge in [0, 0.05) is 0 Å². The van der Waals surface area contributed by atoms with Crippen molar-refractivity contribution in [1.82, 2.24) is 0 Å². The van der Waals surface area contributed by atoms with E-state index in [9.17, 15) is 0 Å². The number of nitriles is 1. The van der Waals surface area contributed by atoms with E-state index in [1.54, 1.807) is 24.3 Å². The summed E-state index contributed by atoms with van der Waals surface area (Å²) in [6, 6.07) is 16.4. The molecule has 2 aromatic rings. The Morgan fingerprint density at radius 2 is 1.54 bits per heavy atom. The fraction of sp³-hybridized carbons (Fsp3) is 0.381. The number of benzene rings is 2. The average molecular weight is 351 g/mol. The summed E-state index contributed by atoms with van der Waals surface area (Å²) < 4.78 is 11.1. The zero-order chi connectivity index (χ0) is 18.8. The molecule has 0 aliphatic heterocycles. The lowest BCUT2D eigenvalue weighted by molar-refractivity contribution is 0.00305. The van der Waals surface area contributed by atoms with Crippen molar-refractivity contribution >= 4 is 11.4 Å². The van der Waals surface area contributed by atoms with Crippen molar-refractivity contribution in [2.24, 2.45) is 15.6 Å². The third-order valence-electron chi connectivity index (χ3n) is 4.30. The Labute approximate surface area is 155 Å². The van der Waals surface area contributed by atoms with E-state index in [0.29, 0.717) is 23.3 Å². The predicted molar refractivity (Wildman–Crippen MR) is 102 cm³/mol. The summed E-state index contributed by atoms with van der Waals surface area (Å²) in [7, 11) is 0. The summed E-state index contributed by atoms with van der Waals surface area (Å²) in [6.45, 7) is 7.60. The highest BCUT2D eigenvalue weighted by Gasteiger charge is 2.14. The first kappa shape index (κ1) is 19.6. The van der Waals surface area contributed by atoms with Crippen molar-refractivity contribution in [2.45, 2.75) is 33.6 Å². The van der Waals surface area contributed by atoms with E-state index in [1.807, 2.05) is 24.3 Å². The average Bonchev–Trinajstić information content (AvgIpc) is 2.67. The van der Waals surface area contributed by atoms with Crippen LogP contribution < -0.4 is 4.74 Å². The number of hydrogen-bond donors (Lipinski definition) is 0. The Morgan fingerprint density at radius 3 is 2.08 bits per heavy atom. The van der Waals surface area contributed by atoms with Gasteiger partial charge in [0.2, 0.25) is 0 Å². The Morgan fingerprint density at radius 1 is 0.962 bits per heavy atom. The number of nitrogens with zero attached hydrogens (tertiary/aromatic N) is 3. The highest BCUT2D eigenvalue weighted by atomic mass is 16.7. The Balaban J connectivity index is 1.77. The molecule has 0 aromatic heterocycles. The Bertz CT molecular complexity index is 744. The van der Waals surface area contributed by atoms with Gasteiger partial charge in [0.1, 0.15) is 5.75 Å². The highest BCUT2D eigenvalue weighted by Crippen LogP contribution is 2.24. The molecule has 0 unspecified atom stereocenters. The van der Waals surface area contributed by atoms with Gasteiger partial charge in [0.15, 0.2) is 6.79 Å². The monoisotopic (exact) mass is 351 g/mol. The summed E-state index contributed by atoms with van der Waals surface area (Å²) in [6.07, 6.45) is 2.15. The molecule has 0 spiro atoms. The minimum absolute atomic E-state index is 0.242. The van der Waals surface area contributed by atoms with Gasteiger partial charge in [-0.3, -0.25) is 0 Å². The molecular formula is C21H25N3O2. The van der Waals surface area contributed by atoms with E-state index < -0.39 is 0 Å². The van der Waals surface area contributed by atoms with Crippen LogP contribution in [0.1, 0.15) is 39.2 Å². The third kappa shape index (κ3) is 6.66. The molecule has 0 aliphatic carbocycles. The van der Waals surface area contributed by atoms with E-state index >= 15 is 0 Å². The molecule has 0 amide bonds. The molecule has 0 heterocycles. The second-order valence-electron chi connectivity index (χ2n) is 6.79. The number of rotatable bonds is 9. The van der Waals surface area contributed by atoms with Gasteiger partial charge in [-0.15, -0.1) is 0 Å². The van der Waals surface area contributed by atoms with E-state index in [0.717, 1.165) is 24.3 Å². The summed E-state index contributed by atoms with van der Waals surface area (Å²) >= 11 is 0. The third-order valence-corrected chi connectivity index (χ3v) is 4.30. The largest absolute Gasteiger partial charge is 0.468 e. The van der Waals surface area contributed by atoms with Crippen LogP contribution in [0.4, 0.5) is 11.4 Å².